The number of rotatable bonds is 11. The average Bonchev–Trinajstić information content (AvgIpc) is 3.66. The van der Waals surface area contributed by atoms with Crippen molar-refractivity contribution in [2.45, 2.75) is 57.9 Å². The van der Waals surface area contributed by atoms with E-state index in [1.807, 2.05) is 16.7 Å². The minimum Gasteiger partial charge on any atom is -0.367 e. The highest BCUT2D eigenvalue weighted by atomic mass is 32.1. The van der Waals surface area contributed by atoms with Crippen LogP contribution in [-0.4, -0.2) is 64.0 Å². The summed E-state index contributed by atoms with van der Waals surface area (Å²) in [5.41, 5.74) is 5.28. The van der Waals surface area contributed by atoms with Crippen LogP contribution in [0.1, 0.15) is 40.1 Å². The van der Waals surface area contributed by atoms with Gasteiger partial charge < -0.3 is 19.8 Å². The summed E-state index contributed by atoms with van der Waals surface area (Å²) < 4.78 is 54.2. The van der Waals surface area contributed by atoms with E-state index in [4.69, 9.17) is 0 Å². The molecule has 0 atom stereocenters. The van der Waals surface area contributed by atoms with Crippen molar-refractivity contribution < 1.29 is 22.5 Å². The quantitative estimate of drug-likeness (QED) is 0.106. The molecule has 9 nitrogen and oxygen atoms in total. The van der Waals surface area contributed by atoms with E-state index in [1.165, 1.54) is 18.0 Å². The zero-order chi connectivity index (χ0) is 36.5. The van der Waals surface area contributed by atoms with Gasteiger partial charge in [0.15, 0.2) is 0 Å². The van der Waals surface area contributed by atoms with Crippen LogP contribution >= 0.6 is 18.5 Å². The highest BCUT2D eigenvalue weighted by Gasteiger charge is 2.29. The molecule has 6 rings (SSSR count). The minimum atomic E-state index is -4.27. The van der Waals surface area contributed by atoms with Gasteiger partial charge in [0.2, 0.25) is 5.91 Å². The predicted octanol–water partition coefficient (Wildman–Crippen LogP) is 7.62. The summed E-state index contributed by atoms with van der Waals surface area (Å²) in [4.78, 5) is 23.5. The molecule has 4 heterocycles. The number of nitrogens with one attached hydrogen (secondary N) is 2. The first-order valence-electron chi connectivity index (χ1n) is 16.6. The molecule has 1 aliphatic heterocycles. The van der Waals surface area contributed by atoms with Crippen LogP contribution in [0.4, 0.5) is 24.7 Å². The molecule has 266 valence electrons. The SMILES string of the molecule is C=CC(=O)Nc1ccc(CCn2c(C#N)cc3c(C)c(CN4CCC(Nc5ncnc6sc(CC(F)(F)F)cc56)CC4)ccc32)c(P(C)(C)=O)c1. The van der Waals surface area contributed by atoms with Crippen molar-refractivity contribution in [3.63, 3.8) is 0 Å². The largest absolute Gasteiger partial charge is 0.393 e. The molecule has 0 radical (unpaired) electrons. The molecule has 0 unspecified atom stereocenters. The zero-order valence-electron chi connectivity index (χ0n) is 28.7. The first kappa shape index (κ1) is 36.3. The molecule has 3 aromatic heterocycles. The van der Waals surface area contributed by atoms with Gasteiger partial charge in [-0.3, -0.25) is 9.69 Å². The number of hydrogen-bond acceptors (Lipinski definition) is 8. The molecule has 0 bridgehead atoms. The van der Waals surface area contributed by atoms with Crippen molar-refractivity contribution in [1.29, 1.82) is 5.26 Å². The maximum atomic E-state index is 13.2. The molecular formula is C37H39F3N7O2PS. The lowest BCUT2D eigenvalue weighted by Gasteiger charge is -2.33. The third kappa shape index (κ3) is 8.36. The molecule has 5 aromatic rings. The standard InChI is InChI=1S/C37H39F3N7O2PS/c1-5-34(48)44-27-8-6-24(33(16-27)50(3,4)49)10-15-47-28(20-41)17-30-23(2)25(7-9-32(30)47)21-46-13-11-26(12-14-46)45-35-31-18-29(19-37(38,39)40)51-36(31)43-22-42-35/h5-9,16-18,22,26H,1,10-15,19,21H2,2-4H3,(H,44,48)(H,42,43,45). The van der Waals surface area contributed by atoms with E-state index in [-0.39, 0.29) is 16.8 Å². The number of carbonyl (C=O) groups excluding carboxylic acids is 1. The Labute approximate surface area is 298 Å². The highest BCUT2D eigenvalue weighted by molar-refractivity contribution is 7.70. The van der Waals surface area contributed by atoms with E-state index >= 15 is 0 Å². The Morgan fingerprint density at radius 2 is 1.86 bits per heavy atom. The van der Waals surface area contributed by atoms with E-state index in [2.05, 4.69) is 57.2 Å². The Hall–Kier alpha value is -4.50. The van der Waals surface area contributed by atoms with Gasteiger partial charge in [-0.2, -0.15) is 18.4 Å². The highest BCUT2D eigenvalue weighted by Crippen LogP contribution is 2.38. The van der Waals surface area contributed by atoms with Crippen LogP contribution in [-0.2, 0) is 35.3 Å². The van der Waals surface area contributed by atoms with Crippen LogP contribution in [0, 0.1) is 18.3 Å². The number of halogens is 3. The molecule has 1 fully saturated rings. The van der Waals surface area contributed by atoms with Gasteiger partial charge in [0.1, 0.15) is 35.9 Å². The van der Waals surface area contributed by atoms with Gasteiger partial charge >= 0.3 is 6.18 Å². The number of aromatic nitrogens is 3. The van der Waals surface area contributed by atoms with E-state index in [0.717, 1.165) is 65.8 Å². The van der Waals surface area contributed by atoms with Gasteiger partial charge in [-0.1, -0.05) is 18.7 Å². The fourth-order valence-electron chi connectivity index (χ4n) is 6.78. The number of aryl methyl sites for hydroxylation is 3. The third-order valence-corrected chi connectivity index (χ3v) is 12.0. The summed E-state index contributed by atoms with van der Waals surface area (Å²) >= 11 is 1.05. The Morgan fingerprint density at radius 3 is 2.55 bits per heavy atom. The predicted molar refractivity (Wildman–Crippen MR) is 199 cm³/mol. The maximum Gasteiger partial charge on any atom is 0.393 e. The van der Waals surface area contributed by atoms with Crippen molar-refractivity contribution in [3.8, 4) is 6.07 Å². The fourth-order valence-corrected chi connectivity index (χ4v) is 9.14. The normalized spacial score (nSPS) is 14.5. The van der Waals surface area contributed by atoms with Crippen LogP contribution in [0.15, 0.2) is 61.4 Å². The number of amides is 1. The van der Waals surface area contributed by atoms with Crippen molar-refractivity contribution >= 4 is 62.3 Å². The number of likely N-dealkylation sites (tertiary alicyclic amines) is 1. The maximum absolute atomic E-state index is 13.2. The van der Waals surface area contributed by atoms with Crippen molar-refractivity contribution in [1.82, 2.24) is 19.4 Å². The molecule has 1 aliphatic rings. The van der Waals surface area contributed by atoms with E-state index < -0.39 is 19.7 Å². The number of anilines is 2. The first-order valence-corrected chi connectivity index (χ1v) is 20.1. The van der Waals surface area contributed by atoms with E-state index in [0.29, 0.717) is 45.7 Å². The van der Waals surface area contributed by atoms with Crippen molar-refractivity contribution in [2.24, 2.45) is 0 Å². The second kappa shape index (κ2) is 14.6. The van der Waals surface area contributed by atoms with Crippen LogP contribution in [0.3, 0.4) is 0 Å². The van der Waals surface area contributed by atoms with Crippen LogP contribution in [0.2, 0.25) is 0 Å². The molecule has 0 spiro atoms. The molecule has 0 aliphatic carbocycles. The molecule has 1 saturated heterocycles. The summed E-state index contributed by atoms with van der Waals surface area (Å²) in [7, 11) is -2.68. The number of fused-ring (bicyclic) bond motifs is 2. The minimum absolute atomic E-state index is 0.137. The van der Waals surface area contributed by atoms with Gasteiger partial charge in [-0.05, 0) is 92.6 Å². The zero-order valence-corrected chi connectivity index (χ0v) is 30.4. The van der Waals surface area contributed by atoms with Gasteiger partial charge in [-0.15, -0.1) is 11.3 Å². The Kier molecular flexibility index (Phi) is 10.4. The van der Waals surface area contributed by atoms with Crippen LogP contribution in [0.25, 0.3) is 21.1 Å². The Bertz CT molecular complexity index is 2210. The lowest BCUT2D eigenvalue weighted by Crippen LogP contribution is -2.39. The average molecular weight is 734 g/mol. The monoisotopic (exact) mass is 733 g/mol. The lowest BCUT2D eigenvalue weighted by atomic mass is 10.0. The number of piperidine rings is 1. The van der Waals surface area contributed by atoms with E-state index in [1.54, 1.807) is 31.5 Å². The van der Waals surface area contributed by atoms with Gasteiger partial charge in [0.05, 0.1) is 11.8 Å². The van der Waals surface area contributed by atoms with Crippen molar-refractivity contribution in [3.05, 3.63) is 88.7 Å². The Morgan fingerprint density at radius 1 is 1.12 bits per heavy atom. The summed E-state index contributed by atoms with van der Waals surface area (Å²) in [6.07, 6.45) is -0.398. The second-order valence-electron chi connectivity index (χ2n) is 13.4. The van der Waals surface area contributed by atoms with Gasteiger partial charge in [-0.25, -0.2) is 9.97 Å². The molecule has 2 N–H and O–H groups in total. The third-order valence-electron chi connectivity index (χ3n) is 9.38. The molecule has 14 heteroatoms. The number of benzene rings is 2. The number of nitriles is 1. The molecule has 0 saturated carbocycles. The van der Waals surface area contributed by atoms with Crippen LogP contribution in [0.5, 0.6) is 0 Å². The number of hydrogen-bond donors (Lipinski definition) is 2. The van der Waals surface area contributed by atoms with Gasteiger partial charge in [0, 0.05) is 59.0 Å². The van der Waals surface area contributed by atoms with E-state index in [9.17, 15) is 27.8 Å². The molecule has 1 amide bonds. The first-order chi connectivity index (χ1) is 24.2. The summed E-state index contributed by atoms with van der Waals surface area (Å²) in [5, 5.41) is 18.6. The summed E-state index contributed by atoms with van der Waals surface area (Å²) in [6.45, 7) is 12.0. The number of nitrogens with zero attached hydrogens (tertiary/aromatic N) is 5. The van der Waals surface area contributed by atoms with Crippen molar-refractivity contribution in [2.75, 3.05) is 37.1 Å². The number of alkyl halides is 3. The topological polar surface area (TPSA) is 116 Å². The number of thiophene rings is 1. The van der Waals surface area contributed by atoms with Crippen LogP contribution < -0.4 is 15.9 Å². The number of carbonyl (C=O) groups is 1. The molecular weight excluding hydrogens is 694 g/mol. The summed E-state index contributed by atoms with van der Waals surface area (Å²) in [5.74, 6) is 0.236. The Balaban J connectivity index is 1.12. The molecule has 2 aromatic carbocycles. The lowest BCUT2D eigenvalue weighted by molar-refractivity contribution is -0.126. The smallest absolute Gasteiger partial charge is 0.367 e. The fraction of sp³-hybridized carbons (Fsp3) is 0.351. The molecule has 51 heavy (non-hydrogen) atoms. The summed E-state index contributed by atoms with van der Waals surface area (Å²) in [6, 6.07) is 15.6. The second-order valence-corrected chi connectivity index (χ2v) is 17.7. The van der Waals surface area contributed by atoms with Gasteiger partial charge in [0.25, 0.3) is 0 Å².